The van der Waals surface area contributed by atoms with Crippen LogP contribution in [0.5, 0.6) is 0 Å². The molecule has 4 rings (SSSR count). The van der Waals surface area contributed by atoms with Crippen molar-refractivity contribution < 1.29 is 28.9 Å². The molecule has 1 amide bonds. The Bertz CT molecular complexity index is 1030. The second-order valence-corrected chi connectivity index (χ2v) is 10.3. The van der Waals surface area contributed by atoms with Gasteiger partial charge in [-0.25, -0.2) is 0 Å². The molecule has 0 bridgehead atoms. The first-order valence-corrected chi connectivity index (χ1v) is 13.7. The van der Waals surface area contributed by atoms with E-state index >= 15 is 0 Å². The summed E-state index contributed by atoms with van der Waals surface area (Å²) in [5.74, 6) is -0.891. The second-order valence-electron chi connectivity index (χ2n) is 10.3. The highest BCUT2D eigenvalue weighted by molar-refractivity contribution is 5.94. The van der Waals surface area contributed by atoms with Gasteiger partial charge in [0.2, 0.25) is 0 Å². The number of ether oxygens (including phenoxy) is 3. The molecular weight excluding hydrogens is 484 g/mol. The number of likely N-dealkylation sites (tertiary alicyclic amines) is 1. The Morgan fingerprint density at radius 1 is 0.974 bits per heavy atom. The van der Waals surface area contributed by atoms with E-state index in [1.54, 1.807) is 12.1 Å². The minimum Gasteiger partial charge on any atom is -0.453 e. The molecule has 0 unspecified atom stereocenters. The molecule has 2 fully saturated rings. The number of aliphatic hydroxyl groups excluding tert-OH is 1. The van der Waals surface area contributed by atoms with Gasteiger partial charge < -0.3 is 29.5 Å². The van der Waals surface area contributed by atoms with Gasteiger partial charge in [-0.3, -0.25) is 9.59 Å². The molecule has 2 aliphatic rings. The largest absolute Gasteiger partial charge is 0.453 e. The molecule has 0 aliphatic carbocycles. The quantitative estimate of drug-likeness (QED) is 0.475. The molecule has 8 heteroatoms. The van der Waals surface area contributed by atoms with Crippen LogP contribution in [0.2, 0.25) is 0 Å². The maximum absolute atomic E-state index is 12.3. The Morgan fingerprint density at radius 3 is 2.24 bits per heavy atom. The zero-order valence-corrected chi connectivity index (χ0v) is 22.4. The lowest BCUT2D eigenvalue weighted by Gasteiger charge is -2.38. The number of anilines is 1. The Morgan fingerprint density at radius 2 is 1.61 bits per heavy atom. The van der Waals surface area contributed by atoms with Crippen molar-refractivity contribution in [2.24, 2.45) is 0 Å². The SMILES string of the molecule is CC(=O)O[C@@H](C)C(=O)Nc1ccc([C@@H]2O[C@H](CN3CCCCCCC3)C[C@H](c3ccc(CO)cc3)O2)cc1. The summed E-state index contributed by atoms with van der Waals surface area (Å²) in [7, 11) is 0. The van der Waals surface area contributed by atoms with Crippen LogP contribution in [-0.4, -0.2) is 53.7 Å². The Kier molecular flexibility index (Phi) is 10.3. The lowest BCUT2D eigenvalue weighted by atomic mass is 9.99. The number of hydrogen-bond acceptors (Lipinski definition) is 7. The van der Waals surface area contributed by atoms with Gasteiger partial charge in [-0.15, -0.1) is 0 Å². The molecule has 2 saturated heterocycles. The topological polar surface area (TPSA) is 97.3 Å². The summed E-state index contributed by atoms with van der Waals surface area (Å²) in [4.78, 5) is 26.0. The second kappa shape index (κ2) is 13.8. The summed E-state index contributed by atoms with van der Waals surface area (Å²) in [5, 5.41) is 12.2. The van der Waals surface area contributed by atoms with Crippen LogP contribution in [0.3, 0.4) is 0 Å². The number of hydrogen-bond donors (Lipinski definition) is 2. The third-order valence-electron chi connectivity index (χ3n) is 7.19. The molecule has 0 aromatic heterocycles. The van der Waals surface area contributed by atoms with Crippen molar-refractivity contribution in [2.75, 3.05) is 25.0 Å². The molecule has 8 nitrogen and oxygen atoms in total. The molecule has 4 atom stereocenters. The highest BCUT2D eigenvalue weighted by atomic mass is 16.7. The van der Waals surface area contributed by atoms with E-state index in [0.717, 1.165) is 42.7 Å². The summed E-state index contributed by atoms with van der Waals surface area (Å²) in [6.45, 7) is 5.89. The van der Waals surface area contributed by atoms with E-state index < -0.39 is 24.3 Å². The number of carbonyl (C=O) groups excluding carboxylic acids is 2. The first-order valence-electron chi connectivity index (χ1n) is 13.7. The highest BCUT2D eigenvalue weighted by Gasteiger charge is 2.33. The van der Waals surface area contributed by atoms with Crippen LogP contribution in [0, 0.1) is 0 Å². The average molecular weight is 525 g/mol. The molecule has 0 spiro atoms. The summed E-state index contributed by atoms with van der Waals surface area (Å²) < 4.78 is 17.9. The van der Waals surface area contributed by atoms with Crippen LogP contribution in [0.1, 0.15) is 81.5 Å². The number of aliphatic hydroxyl groups is 1. The maximum atomic E-state index is 12.3. The van der Waals surface area contributed by atoms with Gasteiger partial charge in [0.25, 0.3) is 5.91 Å². The van der Waals surface area contributed by atoms with Crippen molar-refractivity contribution in [2.45, 2.75) is 83.6 Å². The number of carbonyl (C=O) groups is 2. The number of rotatable bonds is 8. The van der Waals surface area contributed by atoms with Crippen molar-refractivity contribution in [1.29, 1.82) is 0 Å². The number of nitrogens with zero attached hydrogens (tertiary/aromatic N) is 1. The zero-order valence-electron chi connectivity index (χ0n) is 22.4. The number of nitrogens with one attached hydrogen (secondary N) is 1. The molecular formula is C30H40N2O6. The molecule has 2 N–H and O–H groups in total. The van der Waals surface area contributed by atoms with Gasteiger partial charge in [-0.2, -0.15) is 0 Å². The van der Waals surface area contributed by atoms with Crippen molar-refractivity contribution in [3.8, 4) is 0 Å². The normalized spacial score (nSPS) is 23.6. The fraction of sp³-hybridized carbons (Fsp3) is 0.533. The highest BCUT2D eigenvalue weighted by Crippen LogP contribution is 2.38. The number of amides is 1. The molecule has 0 radical (unpaired) electrons. The molecule has 2 aromatic carbocycles. The molecule has 2 aliphatic heterocycles. The van der Waals surface area contributed by atoms with Crippen LogP contribution in [0.15, 0.2) is 48.5 Å². The maximum Gasteiger partial charge on any atom is 0.303 e. The summed E-state index contributed by atoms with van der Waals surface area (Å²) in [6, 6.07) is 15.3. The lowest BCUT2D eigenvalue weighted by molar-refractivity contribution is -0.253. The average Bonchev–Trinajstić information content (AvgIpc) is 2.90. The predicted molar refractivity (Wildman–Crippen MR) is 144 cm³/mol. The third-order valence-corrected chi connectivity index (χ3v) is 7.19. The van der Waals surface area contributed by atoms with Gasteiger partial charge in [0.05, 0.1) is 18.8 Å². The minimum atomic E-state index is -0.876. The van der Waals surface area contributed by atoms with Gasteiger partial charge in [0.1, 0.15) is 0 Å². The first-order chi connectivity index (χ1) is 18.4. The van der Waals surface area contributed by atoms with Crippen LogP contribution in [0.4, 0.5) is 5.69 Å². The standard InChI is InChI=1S/C30H40N2O6/c1-21(36-22(2)34)29(35)31-26-14-12-25(13-15-26)30-37-27(19-32-16-6-4-3-5-7-17-32)18-28(38-30)24-10-8-23(20-33)9-11-24/h8-15,21,27-28,30,33H,3-7,16-20H2,1-2H3,(H,31,35)/t21-,27-,28+,30+/m0/s1. The van der Waals surface area contributed by atoms with Gasteiger partial charge in [0.15, 0.2) is 12.4 Å². The Hall–Kier alpha value is -2.78. The minimum absolute atomic E-state index is 0.0116. The van der Waals surface area contributed by atoms with Crippen molar-refractivity contribution in [3.63, 3.8) is 0 Å². The van der Waals surface area contributed by atoms with E-state index in [0.29, 0.717) is 5.69 Å². The summed E-state index contributed by atoms with van der Waals surface area (Å²) in [5.41, 5.74) is 3.40. The molecule has 0 saturated carbocycles. The first kappa shape index (κ1) is 28.2. The fourth-order valence-corrected chi connectivity index (χ4v) is 5.09. The van der Waals surface area contributed by atoms with Crippen molar-refractivity contribution in [1.82, 2.24) is 4.90 Å². The van der Waals surface area contributed by atoms with E-state index in [4.69, 9.17) is 14.2 Å². The van der Waals surface area contributed by atoms with Crippen LogP contribution < -0.4 is 5.32 Å². The number of benzene rings is 2. The van der Waals surface area contributed by atoms with Gasteiger partial charge >= 0.3 is 5.97 Å². The van der Waals surface area contributed by atoms with Gasteiger partial charge in [-0.1, -0.05) is 55.7 Å². The molecule has 2 aromatic rings. The van der Waals surface area contributed by atoms with E-state index in [2.05, 4.69) is 10.2 Å². The lowest BCUT2D eigenvalue weighted by Crippen LogP contribution is -2.40. The molecule has 2 heterocycles. The summed E-state index contributed by atoms with van der Waals surface area (Å²) >= 11 is 0. The van der Waals surface area contributed by atoms with Crippen LogP contribution >= 0.6 is 0 Å². The van der Waals surface area contributed by atoms with Gasteiger partial charge in [-0.05, 0) is 56.1 Å². The van der Waals surface area contributed by atoms with Crippen molar-refractivity contribution in [3.05, 3.63) is 65.2 Å². The van der Waals surface area contributed by atoms with Crippen LogP contribution in [0.25, 0.3) is 0 Å². The van der Waals surface area contributed by atoms with Gasteiger partial charge in [0, 0.05) is 31.1 Å². The Balaban J connectivity index is 1.47. The monoisotopic (exact) mass is 524 g/mol. The van der Waals surface area contributed by atoms with E-state index in [9.17, 15) is 14.7 Å². The predicted octanol–water partition coefficient (Wildman–Crippen LogP) is 4.88. The zero-order chi connectivity index (χ0) is 26.9. The van der Waals surface area contributed by atoms with E-state index in [1.807, 2.05) is 36.4 Å². The van der Waals surface area contributed by atoms with E-state index in [1.165, 1.54) is 46.0 Å². The number of esters is 1. The van der Waals surface area contributed by atoms with E-state index in [-0.39, 0.29) is 18.8 Å². The summed E-state index contributed by atoms with van der Waals surface area (Å²) in [6.07, 6.45) is 5.57. The Labute approximate surface area is 225 Å². The van der Waals surface area contributed by atoms with Crippen molar-refractivity contribution >= 4 is 17.6 Å². The third kappa shape index (κ3) is 8.11. The smallest absolute Gasteiger partial charge is 0.303 e. The molecule has 38 heavy (non-hydrogen) atoms. The fourth-order valence-electron chi connectivity index (χ4n) is 5.09. The molecule has 206 valence electrons. The van der Waals surface area contributed by atoms with Crippen LogP contribution in [-0.2, 0) is 30.4 Å².